The zero-order chi connectivity index (χ0) is 33.7. The lowest BCUT2D eigenvalue weighted by Crippen LogP contribution is -2.44. The first-order valence-electron chi connectivity index (χ1n) is 16.4. The van der Waals surface area contributed by atoms with E-state index in [-0.39, 0.29) is 34.9 Å². The van der Waals surface area contributed by atoms with Gasteiger partial charge in [-0.2, -0.15) is 0 Å². The normalized spacial score (nSPS) is 19.0. The van der Waals surface area contributed by atoms with Gasteiger partial charge in [-0.15, -0.1) is 0 Å². The monoisotopic (exact) mass is 650 g/mol. The van der Waals surface area contributed by atoms with E-state index in [0.29, 0.717) is 41.3 Å². The van der Waals surface area contributed by atoms with Crippen LogP contribution >= 0.6 is 11.6 Å². The molecule has 47 heavy (non-hydrogen) atoms. The van der Waals surface area contributed by atoms with Crippen LogP contribution in [0.1, 0.15) is 81.5 Å². The molecule has 1 heterocycles. The van der Waals surface area contributed by atoms with Crippen LogP contribution in [-0.2, 0) is 20.9 Å². The summed E-state index contributed by atoms with van der Waals surface area (Å²) in [6.45, 7) is 12.9. The predicted molar refractivity (Wildman–Crippen MR) is 186 cm³/mol. The third kappa shape index (κ3) is 6.66. The third-order valence-corrected chi connectivity index (χ3v) is 10.0. The van der Waals surface area contributed by atoms with Crippen molar-refractivity contribution in [3.8, 4) is 5.75 Å². The van der Waals surface area contributed by atoms with Gasteiger partial charge < -0.3 is 15.0 Å². The summed E-state index contributed by atoms with van der Waals surface area (Å²) in [6.07, 6.45) is 2.28. The quantitative estimate of drug-likeness (QED) is 0.276. The number of carbonyl (C=O) groups excluding carboxylic acids is 3. The molecule has 0 spiro atoms. The second-order valence-electron chi connectivity index (χ2n) is 14.9. The fraction of sp³-hybridized carbons (Fsp3) is 0.375. The Balaban J connectivity index is 1.37. The van der Waals surface area contributed by atoms with Gasteiger partial charge in [0.1, 0.15) is 5.75 Å². The first-order chi connectivity index (χ1) is 22.2. The van der Waals surface area contributed by atoms with Gasteiger partial charge in [0.05, 0.1) is 5.02 Å². The van der Waals surface area contributed by atoms with E-state index in [2.05, 4.69) is 50.0 Å². The fourth-order valence-electron chi connectivity index (χ4n) is 7.37. The van der Waals surface area contributed by atoms with Crippen LogP contribution in [0.25, 0.3) is 0 Å². The van der Waals surface area contributed by atoms with Crippen molar-refractivity contribution in [1.29, 1.82) is 0 Å². The molecule has 0 radical (unpaired) electrons. The second kappa shape index (κ2) is 12.5. The molecule has 6 nitrogen and oxygen atoms in total. The number of nitrogens with zero attached hydrogens (tertiary/aromatic N) is 1. The topological polar surface area (TPSA) is 75.7 Å². The van der Waals surface area contributed by atoms with Gasteiger partial charge in [0.15, 0.2) is 18.2 Å². The summed E-state index contributed by atoms with van der Waals surface area (Å²) < 4.78 is 5.87. The summed E-state index contributed by atoms with van der Waals surface area (Å²) in [5.74, 6) is -0.298. The van der Waals surface area contributed by atoms with E-state index in [1.54, 1.807) is 12.1 Å². The molecule has 0 saturated heterocycles. The summed E-state index contributed by atoms with van der Waals surface area (Å²) in [5.41, 5.74) is 7.72. The number of amides is 1. The molecule has 0 bridgehead atoms. The van der Waals surface area contributed by atoms with Crippen LogP contribution in [0.4, 0.5) is 5.69 Å². The molecule has 0 saturated carbocycles. The number of ether oxygens (including phenoxy) is 1. The zero-order valence-electron chi connectivity index (χ0n) is 28.1. The maximum Gasteiger partial charge on any atom is 0.262 e. The minimum absolute atomic E-state index is 0.0723. The molecule has 3 aromatic rings. The maximum absolute atomic E-state index is 14.1. The fourth-order valence-corrected chi connectivity index (χ4v) is 7.61. The lowest BCUT2D eigenvalue weighted by atomic mass is 9.63. The summed E-state index contributed by atoms with van der Waals surface area (Å²) in [6, 6.07) is 21.4. The number of rotatable bonds is 7. The number of anilines is 1. The SMILES string of the molecule is Cc1cccc(NC(=O)COc2ccc(C3C4=C(CC(C)(C)CC4=O)N(Cc4ccccc4)C4=C3C(=O)CC(C)(C)C4)cc2Cl)c1C. The largest absolute Gasteiger partial charge is 0.482 e. The highest BCUT2D eigenvalue weighted by Crippen LogP contribution is 2.55. The number of ketones is 2. The van der Waals surface area contributed by atoms with E-state index in [9.17, 15) is 14.4 Å². The van der Waals surface area contributed by atoms with Crippen LogP contribution in [0.5, 0.6) is 5.75 Å². The van der Waals surface area contributed by atoms with Gasteiger partial charge in [0.25, 0.3) is 5.91 Å². The Bertz CT molecular complexity index is 1780. The van der Waals surface area contributed by atoms with Crippen molar-refractivity contribution in [2.45, 2.75) is 79.7 Å². The maximum atomic E-state index is 14.1. The first-order valence-corrected chi connectivity index (χ1v) is 16.7. The number of allylic oxidation sites excluding steroid dienone is 4. The number of aryl methyl sites for hydroxylation is 1. The zero-order valence-corrected chi connectivity index (χ0v) is 28.9. The van der Waals surface area contributed by atoms with Crippen LogP contribution in [0.2, 0.25) is 5.02 Å². The lowest BCUT2D eigenvalue weighted by molar-refractivity contribution is -0.120. The van der Waals surface area contributed by atoms with Gasteiger partial charge in [-0.1, -0.05) is 87.8 Å². The molecule has 244 valence electrons. The van der Waals surface area contributed by atoms with E-state index >= 15 is 0 Å². The number of nitrogens with one attached hydrogen (secondary N) is 1. The number of hydrogen-bond acceptors (Lipinski definition) is 5. The van der Waals surface area contributed by atoms with Crippen molar-refractivity contribution in [3.63, 3.8) is 0 Å². The van der Waals surface area contributed by atoms with Crippen LogP contribution in [-0.4, -0.2) is 29.0 Å². The molecule has 1 aliphatic heterocycles. The Kier molecular flexibility index (Phi) is 8.69. The number of halogens is 1. The Morgan fingerprint density at radius 3 is 2.06 bits per heavy atom. The smallest absolute Gasteiger partial charge is 0.262 e. The van der Waals surface area contributed by atoms with Crippen molar-refractivity contribution in [2.24, 2.45) is 10.8 Å². The predicted octanol–water partition coefficient (Wildman–Crippen LogP) is 8.86. The van der Waals surface area contributed by atoms with Crippen molar-refractivity contribution in [1.82, 2.24) is 4.90 Å². The van der Waals surface area contributed by atoms with Gasteiger partial charge in [-0.25, -0.2) is 0 Å². The van der Waals surface area contributed by atoms with Crippen molar-refractivity contribution < 1.29 is 19.1 Å². The van der Waals surface area contributed by atoms with Gasteiger partial charge in [-0.05, 0) is 78.0 Å². The van der Waals surface area contributed by atoms with E-state index in [1.165, 1.54) is 0 Å². The molecule has 0 atom stereocenters. The standard InChI is InChI=1S/C40H43ClN2O4/c1-24-11-10-14-29(25(24)2)42-35(46)23-47-34-16-15-27(17-28(34)41)36-37-30(18-39(3,4)20-32(37)44)43(22-26-12-8-7-9-13-26)31-19-40(5,6)21-33(45)38(31)36/h7-17,36H,18-23H2,1-6H3,(H,42,46). The van der Waals surface area contributed by atoms with E-state index in [1.807, 2.05) is 56.3 Å². The Hall–Kier alpha value is -4.16. The Labute approximate surface area is 282 Å². The molecular weight excluding hydrogens is 608 g/mol. The van der Waals surface area contributed by atoms with Crippen LogP contribution in [0.15, 0.2) is 89.3 Å². The van der Waals surface area contributed by atoms with E-state index in [0.717, 1.165) is 52.2 Å². The molecule has 7 heteroatoms. The van der Waals surface area contributed by atoms with Crippen molar-refractivity contribution in [2.75, 3.05) is 11.9 Å². The molecule has 1 N–H and O–H groups in total. The van der Waals surface area contributed by atoms with E-state index < -0.39 is 5.92 Å². The average molecular weight is 651 g/mol. The molecule has 1 amide bonds. The molecule has 2 aliphatic carbocycles. The number of carbonyl (C=O) groups is 3. The van der Waals surface area contributed by atoms with Crippen molar-refractivity contribution >= 4 is 34.8 Å². The van der Waals surface area contributed by atoms with Crippen LogP contribution in [0, 0.1) is 24.7 Å². The highest BCUT2D eigenvalue weighted by molar-refractivity contribution is 6.32. The molecule has 6 rings (SSSR count). The molecule has 0 unspecified atom stereocenters. The Morgan fingerprint density at radius 2 is 1.47 bits per heavy atom. The minimum Gasteiger partial charge on any atom is -0.482 e. The highest BCUT2D eigenvalue weighted by atomic mass is 35.5. The minimum atomic E-state index is -0.515. The van der Waals surface area contributed by atoms with Gasteiger partial charge in [0.2, 0.25) is 0 Å². The molecular formula is C40H43ClN2O4. The van der Waals surface area contributed by atoms with Gasteiger partial charge in [-0.3, -0.25) is 14.4 Å². The number of benzene rings is 3. The average Bonchev–Trinajstić information content (AvgIpc) is 2.99. The van der Waals surface area contributed by atoms with Gasteiger partial charge >= 0.3 is 0 Å². The highest BCUT2D eigenvalue weighted by Gasteiger charge is 2.49. The summed E-state index contributed by atoms with van der Waals surface area (Å²) in [4.78, 5) is 43.3. The van der Waals surface area contributed by atoms with E-state index in [4.69, 9.17) is 16.3 Å². The molecule has 0 fully saturated rings. The van der Waals surface area contributed by atoms with Crippen LogP contribution in [0.3, 0.4) is 0 Å². The van der Waals surface area contributed by atoms with Crippen molar-refractivity contribution in [3.05, 3.63) is 117 Å². The number of Topliss-reactive ketones (excluding diaryl/α,β-unsaturated/α-hetero) is 2. The number of hydrogen-bond donors (Lipinski definition) is 1. The summed E-state index contributed by atoms with van der Waals surface area (Å²) in [7, 11) is 0. The van der Waals surface area contributed by atoms with Crippen LogP contribution < -0.4 is 10.1 Å². The summed E-state index contributed by atoms with van der Waals surface area (Å²) >= 11 is 6.82. The lowest BCUT2D eigenvalue weighted by Gasteiger charge is -2.49. The Morgan fingerprint density at radius 1 is 0.851 bits per heavy atom. The summed E-state index contributed by atoms with van der Waals surface area (Å²) in [5, 5.41) is 3.24. The molecule has 0 aromatic heterocycles. The van der Waals surface area contributed by atoms with Gasteiger partial charge in [0, 0.05) is 53.5 Å². The molecule has 3 aliphatic rings. The third-order valence-electron chi connectivity index (χ3n) is 9.73. The molecule has 3 aromatic carbocycles. The first kappa shape index (κ1) is 32.8. The second-order valence-corrected chi connectivity index (χ2v) is 15.3.